The molecule has 288 valence electrons. The zero-order chi connectivity index (χ0) is 39.8. The van der Waals surface area contributed by atoms with Crippen LogP contribution >= 0.6 is 0 Å². The number of aryl methyl sites for hydroxylation is 1. The van der Waals surface area contributed by atoms with E-state index in [1.165, 1.54) is 11.8 Å². The summed E-state index contributed by atoms with van der Waals surface area (Å²) in [5, 5.41) is 28.5. The maximum atomic E-state index is 12.6. The zero-order valence-corrected chi connectivity index (χ0v) is 30.0. The number of nitrogen functional groups attached to an aromatic ring is 4. The van der Waals surface area contributed by atoms with Crippen LogP contribution in [0.15, 0.2) is 97.3 Å². The summed E-state index contributed by atoms with van der Waals surface area (Å²) in [4.78, 5) is 45.8. The molecule has 0 aliphatic carbocycles. The first-order valence-electron chi connectivity index (χ1n) is 15.3. The summed E-state index contributed by atoms with van der Waals surface area (Å²) in [6, 6.07) is 25.8. The summed E-state index contributed by atoms with van der Waals surface area (Å²) in [5.74, 6) is 4.01. The summed E-state index contributed by atoms with van der Waals surface area (Å²) in [5.41, 5.74) is 28.3. The number of para-hydroxylation sites is 1. The number of H-pyrrole nitrogens is 1. The van der Waals surface area contributed by atoms with Crippen molar-refractivity contribution in [1.29, 1.82) is 0 Å². The van der Waals surface area contributed by atoms with Crippen molar-refractivity contribution in [2.75, 3.05) is 40.6 Å². The fourth-order valence-corrected chi connectivity index (χ4v) is 3.52. The van der Waals surface area contributed by atoms with Crippen molar-refractivity contribution in [3.8, 4) is 0 Å². The van der Waals surface area contributed by atoms with Gasteiger partial charge in [-0.2, -0.15) is 15.1 Å². The fourth-order valence-electron chi connectivity index (χ4n) is 3.52. The van der Waals surface area contributed by atoms with Gasteiger partial charge in [-0.3, -0.25) is 30.8 Å². The molecule has 0 aliphatic rings. The first-order valence-corrected chi connectivity index (χ1v) is 15.3. The number of aromatic nitrogens is 6. The predicted molar refractivity (Wildman–Crippen MR) is 210 cm³/mol. The molecule has 54 heavy (non-hydrogen) atoms. The van der Waals surface area contributed by atoms with Gasteiger partial charge in [-0.15, -0.1) is 0 Å². The third kappa shape index (κ3) is 20.3. The number of hydrogen-bond donors (Lipinski definition) is 11. The molecule has 3 aromatic carbocycles. The molecule has 1 amide bonds. The number of hydrazine groups is 1. The van der Waals surface area contributed by atoms with Crippen molar-refractivity contribution in [1.82, 2.24) is 35.6 Å². The van der Waals surface area contributed by atoms with E-state index >= 15 is 0 Å². The van der Waals surface area contributed by atoms with Crippen LogP contribution in [0.3, 0.4) is 0 Å². The van der Waals surface area contributed by atoms with Gasteiger partial charge in [0.2, 0.25) is 11.9 Å². The van der Waals surface area contributed by atoms with Crippen molar-refractivity contribution in [2.45, 2.75) is 20.8 Å². The Balaban J connectivity index is 0.000000818. The highest BCUT2D eigenvalue weighted by atomic mass is 16.4. The molecule has 6 aromatic rings. The number of hydrogen-bond acceptors (Lipinski definition) is 15. The van der Waals surface area contributed by atoms with E-state index in [1.807, 2.05) is 79.7 Å². The largest absolute Gasteiger partial charge is 0.481 e. The Morgan fingerprint density at radius 1 is 0.741 bits per heavy atom. The van der Waals surface area contributed by atoms with Crippen LogP contribution in [0, 0.1) is 6.92 Å². The summed E-state index contributed by atoms with van der Waals surface area (Å²) < 4.78 is 0. The number of benzene rings is 3. The fraction of sp³-hybridized carbons (Fsp3) is 0.118. The number of fused-ring (bicyclic) bond motifs is 1. The van der Waals surface area contributed by atoms with Crippen LogP contribution in [0.4, 0.5) is 40.6 Å². The standard InChI is InChI=1S/C18H15N7O.C7H9N.C4H6N4.2C2H4O2.CH6N2.H2O/c19-18-20-9-8-15(23-18)21-12-6-7-14-13(10-12)16(25-24-14)17(26)22-11-4-2-1-3-5-11;1-6-2-4-7(8)5-3-6;5-3-1-2-7-4(6)8-3;2*1-2(3)4;1-3-2;/h1-10H,(H,22,26)(H,24,25)(H3,19,20,21,23);2-5H,8H2,1H3;1-2H,(H4,5,6,7,8);2*1H3,(H,3,4);3H,2H2,1H3;1H2. The third-order valence-corrected chi connectivity index (χ3v) is 5.53. The molecular formula is C34H46N14O6. The quantitative estimate of drug-likeness (QED) is 0.0701. The van der Waals surface area contributed by atoms with Crippen LogP contribution in [-0.2, 0) is 9.59 Å². The summed E-state index contributed by atoms with van der Waals surface area (Å²) >= 11 is 0. The van der Waals surface area contributed by atoms with Gasteiger partial charge in [0.15, 0.2) is 5.69 Å². The normalized spacial score (nSPS) is 9.06. The van der Waals surface area contributed by atoms with E-state index in [4.69, 9.17) is 42.7 Å². The molecule has 20 nitrogen and oxygen atoms in total. The second-order valence-electron chi connectivity index (χ2n) is 10.2. The van der Waals surface area contributed by atoms with Crippen molar-refractivity contribution in [3.63, 3.8) is 0 Å². The van der Waals surface area contributed by atoms with Crippen LogP contribution in [0.2, 0.25) is 0 Å². The first-order chi connectivity index (χ1) is 25.1. The first kappa shape index (κ1) is 46.6. The lowest BCUT2D eigenvalue weighted by Gasteiger charge is -2.06. The molecule has 0 fully saturated rings. The molecule has 0 saturated carbocycles. The minimum Gasteiger partial charge on any atom is -0.481 e. The Labute approximate surface area is 310 Å². The highest BCUT2D eigenvalue weighted by molar-refractivity contribution is 6.11. The van der Waals surface area contributed by atoms with E-state index in [-0.39, 0.29) is 23.3 Å². The highest BCUT2D eigenvalue weighted by Crippen LogP contribution is 2.23. The molecular weight excluding hydrogens is 700 g/mol. The second-order valence-corrected chi connectivity index (χ2v) is 10.2. The van der Waals surface area contributed by atoms with Gasteiger partial charge in [-0.05, 0) is 68.6 Å². The predicted octanol–water partition coefficient (Wildman–Crippen LogP) is 2.59. The van der Waals surface area contributed by atoms with Gasteiger partial charge in [0.1, 0.15) is 11.6 Å². The number of carbonyl (C=O) groups excluding carboxylic acids is 1. The van der Waals surface area contributed by atoms with Gasteiger partial charge < -0.3 is 49.3 Å². The number of nitrogens with zero attached hydrogens (tertiary/aromatic N) is 5. The number of aromatic amines is 1. The molecule has 0 atom stereocenters. The SMILES string of the molecule is CC(=O)O.CC(=O)O.CNN.Cc1ccc(N)cc1.Nc1ccnc(N)n1.Nc1nccc(Nc2ccc3[nH]nc(C(=O)Nc4ccccc4)c3c2)n1.O. The lowest BCUT2D eigenvalue weighted by Crippen LogP contribution is -2.13. The number of carboxylic acid groups (broad SMARTS) is 2. The number of nitrogens with two attached hydrogens (primary N) is 5. The molecule has 0 aliphatic heterocycles. The Morgan fingerprint density at radius 2 is 1.28 bits per heavy atom. The molecule has 0 unspecified atom stereocenters. The number of carbonyl (C=O) groups is 3. The molecule has 6 rings (SSSR count). The lowest BCUT2D eigenvalue weighted by molar-refractivity contribution is -0.135. The van der Waals surface area contributed by atoms with Crippen LogP contribution in [0.25, 0.3) is 10.9 Å². The minimum absolute atomic E-state index is 0. The van der Waals surface area contributed by atoms with Gasteiger partial charge in [0, 0.05) is 48.7 Å². The van der Waals surface area contributed by atoms with Crippen molar-refractivity contribution < 1.29 is 30.1 Å². The summed E-state index contributed by atoms with van der Waals surface area (Å²) in [6.07, 6.45) is 3.08. The van der Waals surface area contributed by atoms with Gasteiger partial charge in [0.05, 0.1) is 5.52 Å². The molecule has 0 spiro atoms. The Morgan fingerprint density at radius 3 is 1.76 bits per heavy atom. The lowest BCUT2D eigenvalue weighted by atomic mass is 10.1. The average molecular weight is 747 g/mol. The zero-order valence-electron chi connectivity index (χ0n) is 30.0. The van der Waals surface area contributed by atoms with Gasteiger partial charge in [-0.25, -0.2) is 9.97 Å². The topological polar surface area (TPSA) is 370 Å². The van der Waals surface area contributed by atoms with Gasteiger partial charge in [0.25, 0.3) is 17.8 Å². The number of anilines is 7. The highest BCUT2D eigenvalue weighted by Gasteiger charge is 2.15. The van der Waals surface area contributed by atoms with E-state index in [0.29, 0.717) is 28.4 Å². The summed E-state index contributed by atoms with van der Waals surface area (Å²) in [7, 11) is 1.65. The molecule has 20 heteroatoms. The second kappa shape index (κ2) is 25.5. The van der Waals surface area contributed by atoms with Crippen molar-refractivity contribution >= 4 is 69.3 Å². The monoisotopic (exact) mass is 746 g/mol. The molecule has 0 saturated heterocycles. The minimum atomic E-state index is -0.833. The number of nitrogens with one attached hydrogen (secondary N) is 4. The number of rotatable bonds is 4. The van der Waals surface area contributed by atoms with Crippen LogP contribution in [0.5, 0.6) is 0 Å². The van der Waals surface area contributed by atoms with Crippen molar-refractivity contribution in [2.24, 2.45) is 5.84 Å². The maximum absolute atomic E-state index is 12.6. The van der Waals surface area contributed by atoms with E-state index in [2.05, 4.69) is 52.0 Å². The van der Waals surface area contributed by atoms with Crippen LogP contribution in [-0.4, -0.2) is 70.7 Å². The maximum Gasteiger partial charge on any atom is 0.300 e. The molecule has 3 heterocycles. The van der Waals surface area contributed by atoms with E-state index < -0.39 is 11.9 Å². The third-order valence-electron chi connectivity index (χ3n) is 5.53. The molecule has 0 radical (unpaired) electrons. The molecule has 0 bridgehead atoms. The Kier molecular flexibility index (Phi) is 22.0. The van der Waals surface area contributed by atoms with Gasteiger partial charge >= 0.3 is 0 Å². The van der Waals surface area contributed by atoms with E-state index in [1.54, 1.807) is 25.4 Å². The number of aliphatic carboxylic acids is 2. The van der Waals surface area contributed by atoms with Crippen LogP contribution in [0.1, 0.15) is 29.9 Å². The Hall–Kier alpha value is -7.42. The van der Waals surface area contributed by atoms with Gasteiger partial charge in [-0.1, -0.05) is 35.9 Å². The average Bonchev–Trinajstić information content (AvgIpc) is 3.51. The van der Waals surface area contributed by atoms with E-state index in [0.717, 1.165) is 30.7 Å². The molecule has 18 N–H and O–H groups in total. The molecule has 3 aromatic heterocycles. The van der Waals surface area contributed by atoms with Crippen molar-refractivity contribution in [3.05, 3.63) is 109 Å². The van der Waals surface area contributed by atoms with E-state index in [9.17, 15) is 4.79 Å². The number of amides is 1. The summed E-state index contributed by atoms with van der Waals surface area (Å²) in [6.45, 7) is 4.21. The smallest absolute Gasteiger partial charge is 0.300 e. The van der Waals surface area contributed by atoms with Crippen LogP contribution < -0.4 is 44.8 Å². The number of carboxylic acids is 2. The Bertz CT molecular complexity index is 1940.